The van der Waals surface area contributed by atoms with E-state index >= 15 is 0 Å². The molecule has 0 saturated heterocycles. The van der Waals surface area contributed by atoms with Crippen molar-refractivity contribution >= 4 is 28.2 Å². The van der Waals surface area contributed by atoms with E-state index in [0.717, 1.165) is 11.3 Å². The summed E-state index contributed by atoms with van der Waals surface area (Å²) < 4.78 is 4.65. The van der Waals surface area contributed by atoms with Gasteiger partial charge in [-0.3, -0.25) is 9.78 Å². The minimum atomic E-state index is -0.547. The van der Waals surface area contributed by atoms with E-state index in [2.05, 4.69) is 20.0 Å². The van der Waals surface area contributed by atoms with Gasteiger partial charge < -0.3 is 10.1 Å². The molecule has 0 saturated carbocycles. The van der Waals surface area contributed by atoms with Gasteiger partial charge in [-0.2, -0.15) is 5.26 Å². The first-order valence-electron chi connectivity index (χ1n) is 5.77. The smallest absolute Gasteiger partial charge is 0.348 e. The Labute approximate surface area is 124 Å². The Morgan fingerprint density at radius 1 is 1.43 bits per heavy atom. The van der Waals surface area contributed by atoms with Gasteiger partial charge in [-0.05, 0) is 12.5 Å². The molecular formula is C13H10N4O3S. The normalized spacial score (nSPS) is 9.76. The van der Waals surface area contributed by atoms with Crippen molar-refractivity contribution < 1.29 is 14.3 Å². The summed E-state index contributed by atoms with van der Waals surface area (Å²) in [6.45, 7) is 1.62. The van der Waals surface area contributed by atoms with Crippen molar-refractivity contribution in [3.63, 3.8) is 0 Å². The van der Waals surface area contributed by atoms with Crippen LogP contribution in [-0.2, 0) is 4.74 Å². The van der Waals surface area contributed by atoms with Crippen LogP contribution in [0.15, 0.2) is 18.6 Å². The number of carbonyl (C=O) groups is 2. The fourth-order valence-corrected chi connectivity index (χ4v) is 2.68. The maximum Gasteiger partial charge on any atom is 0.348 e. The fraction of sp³-hybridized carbons (Fsp3) is 0.154. The summed E-state index contributed by atoms with van der Waals surface area (Å²) in [5, 5.41) is 12.0. The number of anilines is 1. The number of thiophene rings is 1. The monoisotopic (exact) mass is 302 g/mol. The lowest BCUT2D eigenvalue weighted by Crippen LogP contribution is -2.13. The van der Waals surface area contributed by atoms with E-state index in [1.807, 2.05) is 6.07 Å². The number of amides is 1. The molecular weight excluding hydrogens is 292 g/mol. The van der Waals surface area contributed by atoms with Crippen molar-refractivity contribution in [1.29, 1.82) is 5.26 Å². The third-order valence-electron chi connectivity index (χ3n) is 2.65. The molecule has 0 unspecified atom stereocenters. The largest absolute Gasteiger partial charge is 0.465 e. The van der Waals surface area contributed by atoms with Crippen LogP contribution in [0.2, 0.25) is 0 Å². The molecule has 0 fully saturated rings. The Balaban J connectivity index is 2.35. The minimum absolute atomic E-state index is 0.118. The summed E-state index contributed by atoms with van der Waals surface area (Å²) in [7, 11) is 1.26. The number of aromatic nitrogens is 2. The second kappa shape index (κ2) is 6.11. The van der Waals surface area contributed by atoms with Crippen molar-refractivity contribution in [3.05, 3.63) is 40.3 Å². The van der Waals surface area contributed by atoms with Crippen LogP contribution in [-0.4, -0.2) is 29.0 Å². The van der Waals surface area contributed by atoms with E-state index in [1.54, 1.807) is 6.92 Å². The highest BCUT2D eigenvalue weighted by molar-refractivity contribution is 7.18. The predicted molar refractivity (Wildman–Crippen MR) is 75.1 cm³/mol. The fourth-order valence-electron chi connectivity index (χ4n) is 1.61. The SMILES string of the molecule is COC(=O)c1sc(NC(=O)c2cnccn2)c(C#N)c1C. The Kier molecular flexibility index (Phi) is 4.25. The molecule has 8 heteroatoms. The van der Waals surface area contributed by atoms with E-state index in [1.165, 1.54) is 25.7 Å². The number of hydrogen-bond donors (Lipinski definition) is 1. The van der Waals surface area contributed by atoms with E-state index in [0.29, 0.717) is 5.56 Å². The number of nitrogens with zero attached hydrogens (tertiary/aromatic N) is 3. The highest BCUT2D eigenvalue weighted by Gasteiger charge is 2.22. The van der Waals surface area contributed by atoms with E-state index in [9.17, 15) is 14.9 Å². The number of carbonyl (C=O) groups excluding carboxylic acids is 2. The zero-order valence-electron chi connectivity index (χ0n) is 11.2. The van der Waals surface area contributed by atoms with Gasteiger partial charge in [-0.25, -0.2) is 9.78 Å². The summed E-state index contributed by atoms with van der Waals surface area (Å²) in [5.74, 6) is -1.05. The Hall–Kier alpha value is -2.79. The van der Waals surface area contributed by atoms with Crippen LogP contribution in [0.25, 0.3) is 0 Å². The molecule has 2 heterocycles. The molecule has 2 aromatic heterocycles. The van der Waals surface area contributed by atoms with Crippen LogP contribution in [0, 0.1) is 18.3 Å². The molecule has 0 aliphatic heterocycles. The van der Waals surface area contributed by atoms with Crippen molar-refractivity contribution in [2.45, 2.75) is 6.92 Å². The van der Waals surface area contributed by atoms with Gasteiger partial charge in [-0.15, -0.1) is 11.3 Å². The van der Waals surface area contributed by atoms with Gasteiger partial charge in [0, 0.05) is 12.4 Å². The van der Waals surface area contributed by atoms with E-state index in [-0.39, 0.29) is 21.1 Å². The Morgan fingerprint density at radius 3 is 2.76 bits per heavy atom. The van der Waals surface area contributed by atoms with Crippen molar-refractivity contribution in [3.8, 4) is 6.07 Å². The summed E-state index contributed by atoms with van der Waals surface area (Å²) in [5.41, 5.74) is 0.827. The van der Waals surface area contributed by atoms with Crippen LogP contribution in [0.4, 0.5) is 5.00 Å². The first-order chi connectivity index (χ1) is 10.1. The molecule has 7 nitrogen and oxygen atoms in total. The molecule has 21 heavy (non-hydrogen) atoms. The van der Waals surface area contributed by atoms with Crippen LogP contribution in [0.5, 0.6) is 0 Å². The molecule has 0 spiro atoms. The molecule has 0 atom stereocenters. The van der Waals surface area contributed by atoms with E-state index < -0.39 is 11.9 Å². The topological polar surface area (TPSA) is 105 Å². The van der Waals surface area contributed by atoms with Crippen LogP contribution >= 0.6 is 11.3 Å². The first-order valence-corrected chi connectivity index (χ1v) is 6.59. The molecule has 1 amide bonds. The van der Waals surface area contributed by atoms with Crippen LogP contribution in [0.3, 0.4) is 0 Å². The van der Waals surface area contributed by atoms with Gasteiger partial charge in [0.1, 0.15) is 21.6 Å². The maximum atomic E-state index is 12.0. The molecule has 0 aliphatic carbocycles. The zero-order chi connectivity index (χ0) is 15.4. The minimum Gasteiger partial charge on any atom is -0.465 e. The summed E-state index contributed by atoms with van der Waals surface area (Å²) >= 11 is 0.989. The number of nitriles is 1. The van der Waals surface area contributed by atoms with Crippen molar-refractivity contribution in [1.82, 2.24) is 9.97 Å². The molecule has 106 valence electrons. The number of ether oxygens (including phenoxy) is 1. The molecule has 2 aromatic rings. The highest BCUT2D eigenvalue weighted by Crippen LogP contribution is 2.33. The molecule has 0 radical (unpaired) electrons. The lowest BCUT2D eigenvalue weighted by molar-refractivity contribution is 0.0605. The average molecular weight is 302 g/mol. The van der Waals surface area contributed by atoms with Crippen LogP contribution < -0.4 is 5.32 Å². The van der Waals surface area contributed by atoms with Gasteiger partial charge in [-0.1, -0.05) is 0 Å². The van der Waals surface area contributed by atoms with Crippen molar-refractivity contribution in [2.24, 2.45) is 0 Å². The zero-order valence-corrected chi connectivity index (χ0v) is 12.0. The Morgan fingerprint density at radius 2 is 2.19 bits per heavy atom. The molecule has 0 aromatic carbocycles. The predicted octanol–water partition coefficient (Wildman–Crippen LogP) is 1.76. The average Bonchev–Trinajstić information content (AvgIpc) is 2.83. The van der Waals surface area contributed by atoms with Gasteiger partial charge in [0.05, 0.1) is 18.9 Å². The second-order valence-corrected chi connectivity index (χ2v) is 4.93. The summed E-state index contributed by atoms with van der Waals surface area (Å²) in [6.07, 6.45) is 4.14. The van der Waals surface area contributed by atoms with Crippen LogP contribution in [0.1, 0.15) is 31.3 Å². The molecule has 1 N–H and O–H groups in total. The van der Waals surface area contributed by atoms with E-state index in [4.69, 9.17) is 0 Å². The van der Waals surface area contributed by atoms with Gasteiger partial charge in [0.25, 0.3) is 5.91 Å². The standard InChI is InChI=1S/C13H10N4O3S/c1-7-8(5-14)12(21-10(7)13(19)20-2)17-11(18)9-6-15-3-4-16-9/h3-4,6H,1-2H3,(H,17,18). The first kappa shape index (κ1) is 14.6. The summed E-state index contributed by atoms with van der Waals surface area (Å²) in [4.78, 5) is 31.6. The molecule has 0 bridgehead atoms. The van der Waals surface area contributed by atoms with Crippen molar-refractivity contribution in [2.75, 3.05) is 12.4 Å². The lowest BCUT2D eigenvalue weighted by atomic mass is 10.2. The van der Waals surface area contributed by atoms with Gasteiger partial charge in [0.15, 0.2) is 0 Å². The van der Waals surface area contributed by atoms with Gasteiger partial charge in [0.2, 0.25) is 0 Å². The quantitative estimate of drug-likeness (QED) is 0.866. The lowest BCUT2D eigenvalue weighted by Gasteiger charge is -2.01. The summed E-state index contributed by atoms with van der Waals surface area (Å²) in [6, 6.07) is 1.97. The maximum absolute atomic E-state index is 12.0. The number of nitrogens with one attached hydrogen (secondary N) is 1. The molecule has 0 aliphatic rings. The van der Waals surface area contributed by atoms with Gasteiger partial charge >= 0.3 is 5.97 Å². The third-order valence-corrected chi connectivity index (χ3v) is 3.84. The number of methoxy groups -OCH3 is 1. The molecule has 2 rings (SSSR count). The number of hydrogen-bond acceptors (Lipinski definition) is 7. The third kappa shape index (κ3) is 2.88. The number of esters is 1. The highest BCUT2D eigenvalue weighted by atomic mass is 32.1. The number of rotatable bonds is 3. The second-order valence-electron chi connectivity index (χ2n) is 3.91. The Bertz CT molecular complexity index is 734.